The summed E-state index contributed by atoms with van der Waals surface area (Å²) in [6.07, 6.45) is 4.11. The van der Waals surface area contributed by atoms with Crippen LogP contribution in [0.1, 0.15) is 39.5 Å². The normalized spacial score (nSPS) is 19.0. The second-order valence-corrected chi connectivity index (χ2v) is 3.94. The first-order valence-electron chi connectivity index (χ1n) is 5.07. The van der Waals surface area contributed by atoms with Crippen LogP contribution in [-0.2, 0) is 14.3 Å². The lowest BCUT2D eigenvalue weighted by atomic mass is 10.0. The molecule has 1 aliphatic carbocycles. The number of esters is 1. The van der Waals surface area contributed by atoms with E-state index in [0.717, 1.165) is 25.7 Å². The number of rotatable bonds is 2. The predicted octanol–water partition coefficient (Wildman–Crippen LogP) is 0.998. The molecular weight excluding hydrogens is 182 g/mol. The quantitative estimate of drug-likeness (QED) is 0.533. The number of nitrogens with one attached hydrogen (secondary N) is 1. The van der Waals surface area contributed by atoms with E-state index < -0.39 is 11.9 Å². The molecule has 0 radical (unpaired) electrons. The summed E-state index contributed by atoms with van der Waals surface area (Å²) in [4.78, 5) is 22.3. The molecule has 1 rings (SSSR count). The van der Waals surface area contributed by atoms with E-state index in [2.05, 4.69) is 10.1 Å². The zero-order chi connectivity index (χ0) is 10.6. The third-order valence-corrected chi connectivity index (χ3v) is 2.58. The topological polar surface area (TPSA) is 55.4 Å². The molecule has 1 N–H and O–H groups in total. The van der Waals surface area contributed by atoms with E-state index in [0.29, 0.717) is 0 Å². The van der Waals surface area contributed by atoms with E-state index in [9.17, 15) is 9.59 Å². The van der Waals surface area contributed by atoms with Crippen LogP contribution in [0.5, 0.6) is 0 Å². The SMILES string of the molecule is CCOC(=O)C(=O)NC1(C)CCCC1. The molecule has 4 heteroatoms. The van der Waals surface area contributed by atoms with Crippen LogP contribution in [0.4, 0.5) is 0 Å². The summed E-state index contributed by atoms with van der Waals surface area (Å²) in [7, 11) is 0. The van der Waals surface area contributed by atoms with E-state index in [1.54, 1.807) is 6.92 Å². The van der Waals surface area contributed by atoms with Crippen molar-refractivity contribution in [3.05, 3.63) is 0 Å². The van der Waals surface area contributed by atoms with Gasteiger partial charge in [-0.2, -0.15) is 0 Å². The monoisotopic (exact) mass is 199 g/mol. The van der Waals surface area contributed by atoms with Crippen molar-refractivity contribution in [2.24, 2.45) is 0 Å². The maximum atomic E-state index is 11.3. The molecule has 0 unspecified atom stereocenters. The Labute approximate surface area is 84.0 Å². The molecule has 1 saturated carbocycles. The molecule has 0 aliphatic heterocycles. The molecule has 0 aromatic heterocycles. The van der Waals surface area contributed by atoms with E-state index in [-0.39, 0.29) is 12.1 Å². The molecule has 80 valence electrons. The molecule has 0 atom stereocenters. The van der Waals surface area contributed by atoms with Gasteiger partial charge in [-0.1, -0.05) is 12.8 Å². The van der Waals surface area contributed by atoms with E-state index >= 15 is 0 Å². The molecule has 0 spiro atoms. The Hall–Kier alpha value is -1.06. The van der Waals surface area contributed by atoms with Crippen molar-refractivity contribution < 1.29 is 14.3 Å². The van der Waals surface area contributed by atoms with Crippen molar-refractivity contribution in [2.45, 2.75) is 45.1 Å². The third-order valence-electron chi connectivity index (χ3n) is 2.58. The van der Waals surface area contributed by atoms with Gasteiger partial charge in [-0.25, -0.2) is 4.79 Å². The Morgan fingerprint density at radius 3 is 2.43 bits per heavy atom. The summed E-state index contributed by atoms with van der Waals surface area (Å²) in [5.74, 6) is -1.39. The number of hydrogen-bond acceptors (Lipinski definition) is 3. The number of ether oxygens (including phenoxy) is 1. The molecule has 4 nitrogen and oxygen atoms in total. The first kappa shape index (κ1) is 11.0. The van der Waals surface area contributed by atoms with Gasteiger partial charge in [0.15, 0.2) is 0 Å². The highest BCUT2D eigenvalue weighted by atomic mass is 16.5. The molecule has 1 aliphatic rings. The molecule has 0 aromatic carbocycles. The van der Waals surface area contributed by atoms with Gasteiger partial charge in [0.2, 0.25) is 0 Å². The van der Waals surface area contributed by atoms with Crippen LogP contribution in [0.15, 0.2) is 0 Å². The van der Waals surface area contributed by atoms with Crippen LogP contribution in [-0.4, -0.2) is 24.0 Å². The number of hydrogen-bond donors (Lipinski definition) is 1. The van der Waals surface area contributed by atoms with Crippen LogP contribution in [0.25, 0.3) is 0 Å². The lowest BCUT2D eigenvalue weighted by molar-refractivity contribution is -0.155. The van der Waals surface area contributed by atoms with Crippen molar-refractivity contribution in [1.29, 1.82) is 0 Å². The maximum Gasteiger partial charge on any atom is 0.396 e. The van der Waals surface area contributed by atoms with Crippen molar-refractivity contribution >= 4 is 11.9 Å². The van der Waals surface area contributed by atoms with Crippen molar-refractivity contribution in [1.82, 2.24) is 5.32 Å². The number of carbonyl (C=O) groups is 2. The summed E-state index contributed by atoms with van der Waals surface area (Å²) < 4.78 is 4.61. The minimum Gasteiger partial charge on any atom is -0.459 e. The Morgan fingerprint density at radius 2 is 1.93 bits per heavy atom. The average molecular weight is 199 g/mol. The zero-order valence-electron chi connectivity index (χ0n) is 8.76. The molecule has 0 saturated heterocycles. The van der Waals surface area contributed by atoms with Gasteiger partial charge in [0, 0.05) is 5.54 Å². The highest BCUT2D eigenvalue weighted by Gasteiger charge is 2.32. The van der Waals surface area contributed by atoms with Gasteiger partial charge >= 0.3 is 11.9 Å². The summed E-state index contributed by atoms with van der Waals surface area (Å²) in [6.45, 7) is 3.89. The Bertz CT molecular complexity index is 232. The molecular formula is C10H17NO3. The van der Waals surface area contributed by atoms with Crippen LogP contribution in [0.3, 0.4) is 0 Å². The van der Waals surface area contributed by atoms with Gasteiger partial charge in [0.1, 0.15) is 0 Å². The molecule has 14 heavy (non-hydrogen) atoms. The second kappa shape index (κ2) is 4.44. The zero-order valence-corrected chi connectivity index (χ0v) is 8.76. The Morgan fingerprint density at radius 1 is 1.36 bits per heavy atom. The standard InChI is InChI=1S/C10H17NO3/c1-3-14-9(13)8(12)11-10(2)6-4-5-7-10/h3-7H2,1-2H3,(H,11,12). The molecule has 1 amide bonds. The fourth-order valence-corrected chi connectivity index (χ4v) is 1.80. The summed E-state index contributed by atoms with van der Waals surface area (Å²) >= 11 is 0. The molecule has 0 heterocycles. The van der Waals surface area contributed by atoms with Gasteiger partial charge in [-0.3, -0.25) is 4.79 Å². The minimum absolute atomic E-state index is 0.205. The van der Waals surface area contributed by atoms with Crippen LogP contribution in [0, 0.1) is 0 Å². The predicted molar refractivity (Wildman–Crippen MR) is 51.6 cm³/mol. The van der Waals surface area contributed by atoms with Crippen molar-refractivity contribution in [3.63, 3.8) is 0 Å². The summed E-state index contributed by atoms with van der Waals surface area (Å²) in [6, 6.07) is 0. The summed E-state index contributed by atoms with van der Waals surface area (Å²) in [5.41, 5.74) is -0.205. The van der Waals surface area contributed by atoms with Gasteiger partial charge in [0.05, 0.1) is 6.61 Å². The first-order valence-corrected chi connectivity index (χ1v) is 5.07. The maximum absolute atomic E-state index is 11.3. The smallest absolute Gasteiger partial charge is 0.396 e. The highest BCUT2D eigenvalue weighted by molar-refractivity contribution is 6.32. The van der Waals surface area contributed by atoms with E-state index in [4.69, 9.17) is 0 Å². The largest absolute Gasteiger partial charge is 0.459 e. The average Bonchev–Trinajstić information content (AvgIpc) is 2.52. The van der Waals surface area contributed by atoms with Crippen LogP contribution in [0.2, 0.25) is 0 Å². The molecule has 0 aromatic rings. The minimum atomic E-state index is -0.777. The lowest BCUT2D eigenvalue weighted by Crippen LogP contribution is -2.47. The highest BCUT2D eigenvalue weighted by Crippen LogP contribution is 2.28. The van der Waals surface area contributed by atoms with Crippen molar-refractivity contribution in [2.75, 3.05) is 6.61 Å². The van der Waals surface area contributed by atoms with Crippen LogP contribution >= 0.6 is 0 Å². The van der Waals surface area contributed by atoms with E-state index in [1.807, 2.05) is 6.92 Å². The third kappa shape index (κ3) is 2.72. The second-order valence-electron chi connectivity index (χ2n) is 3.94. The molecule has 0 bridgehead atoms. The van der Waals surface area contributed by atoms with Gasteiger partial charge in [-0.05, 0) is 26.7 Å². The Balaban J connectivity index is 2.43. The Kier molecular flexibility index (Phi) is 3.49. The first-order chi connectivity index (χ1) is 6.57. The van der Waals surface area contributed by atoms with Gasteiger partial charge in [0.25, 0.3) is 0 Å². The number of carbonyl (C=O) groups excluding carboxylic acids is 2. The molecule has 1 fully saturated rings. The fourth-order valence-electron chi connectivity index (χ4n) is 1.80. The van der Waals surface area contributed by atoms with Gasteiger partial charge < -0.3 is 10.1 Å². The van der Waals surface area contributed by atoms with E-state index in [1.165, 1.54) is 0 Å². The lowest BCUT2D eigenvalue weighted by Gasteiger charge is -2.24. The summed E-state index contributed by atoms with van der Waals surface area (Å²) in [5, 5.41) is 2.73. The number of amides is 1. The fraction of sp³-hybridized carbons (Fsp3) is 0.800. The van der Waals surface area contributed by atoms with Crippen LogP contribution < -0.4 is 5.32 Å². The van der Waals surface area contributed by atoms with Crippen molar-refractivity contribution in [3.8, 4) is 0 Å². The van der Waals surface area contributed by atoms with Gasteiger partial charge in [-0.15, -0.1) is 0 Å².